The number of nitrogens with one attached hydrogen (secondary N) is 1. The van der Waals surface area contributed by atoms with Gasteiger partial charge in [-0.15, -0.1) is 0 Å². The summed E-state index contributed by atoms with van der Waals surface area (Å²) in [6.45, 7) is 0.934. The lowest BCUT2D eigenvalue weighted by atomic mass is 9.85. The number of amides is 1. The second-order valence-electron chi connectivity index (χ2n) is 5.64. The molecule has 2 heteroatoms. The Morgan fingerprint density at radius 1 is 0.938 bits per heavy atom. The third-order valence-corrected chi connectivity index (χ3v) is 4.32. The standard InChI is InChI=1S/C14H25NO/c16-14(15-11-13-7-4-8-13)10-9-12-5-2-1-3-6-12/h12-13H,1-11H2,(H,15,16). The van der Waals surface area contributed by atoms with Crippen LogP contribution in [0.25, 0.3) is 0 Å². The summed E-state index contributed by atoms with van der Waals surface area (Å²) in [7, 11) is 0. The van der Waals surface area contributed by atoms with E-state index in [0.717, 1.165) is 31.2 Å². The van der Waals surface area contributed by atoms with Crippen LogP contribution >= 0.6 is 0 Å². The van der Waals surface area contributed by atoms with Gasteiger partial charge in [-0.2, -0.15) is 0 Å². The van der Waals surface area contributed by atoms with Crippen molar-refractivity contribution in [3.05, 3.63) is 0 Å². The summed E-state index contributed by atoms with van der Waals surface area (Å²) in [4.78, 5) is 11.6. The van der Waals surface area contributed by atoms with Crippen LogP contribution < -0.4 is 5.32 Å². The van der Waals surface area contributed by atoms with Crippen LogP contribution in [0.15, 0.2) is 0 Å². The number of rotatable bonds is 5. The van der Waals surface area contributed by atoms with Crippen molar-refractivity contribution in [3.8, 4) is 0 Å². The summed E-state index contributed by atoms with van der Waals surface area (Å²) in [5.41, 5.74) is 0. The van der Waals surface area contributed by atoms with Gasteiger partial charge < -0.3 is 5.32 Å². The van der Waals surface area contributed by atoms with Gasteiger partial charge in [0.05, 0.1) is 0 Å². The number of carbonyl (C=O) groups is 1. The molecule has 2 nitrogen and oxygen atoms in total. The second kappa shape index (κ2) is 6.27. The van der Waals surface area contributed by atoms with Crippen LogP contribution in [0.2, 0.25) is 0 Å². The number of hydrogen-bond acceptors (Lipinski definition) is 1. The summed E-state index contributed by atoms with van der Waals surface area (Å²) < 4.78 is 0. The van der Waals surface area contributed by atoms with Crippen LogP contribution in [0, 0.1) is 11.8 Å². The van der Waals surface area contributed by atoms with Gasteiger partial charge in [0.25, 0.3) is 0 Å². The number of hydrogen-bond donors (Lipinski definition) is 1. The molecule has 0 aliphatic heterocycles. The van der Waals surface area contributed by atoms with Crippen molar-refractivity contribution in [2.45, 2.75) is 64.2 Å². The molecule has 0 unspecified atom stereocenters. The van der Waals surface area contributed by atoms with E-state index in [4.69, 9.17) is 0 Å². The Kier molecular flexibility index (Phi) is 4.68. The van der Waals surface area contributed by atoms with Crippen molar-refractivity contribution in [2.75, 3.05) is 6.54 Å². The van der Waals surface area contributed by atoms with Crippen LogP contribution in [0.1, 0.15) is 64.2 Å². The lowest BCUT2D eigenvalue weighted by Crippen LogP contribution is -2.32. The van der Waals surface area contributed by atoms with Crippen molar-refractivity contribution >= 4 is 5.91 Å². The SMILES string of the molecule is O=C(CCC1CCCCC1)NCC1CCC1. The van der Waals surface area contributed by atoms with E-state index in [0.29, 0.717) is 0 Å². The van der Waals surface area contributed by atoms with Gasteiger partial charge in [0.2, 0.25) is 5.91 Å². The molecule has 0 spiro atoms. The fourth-order valence-corrected chi connectivity index (χ4v) is 2.85. The fourth-order valence-electron chi connectivity index (χ4n) is 2.85. The van der Waals surface area contributed by atoms with Crippen LogP contribution in [0.5, 0.6) is 0 Å². The molecule has 0 bridgehead atoms. The van der Waals surface area contributed by atoms with Crippen LogP contribution in [-0.2, 0) is 4.79 Å². The highest BCUT2D eigenvalue weighted by atomic mass is 16.1. The summed E-state index contributed by atoms with van der Waals surface area (Å²) in [6, 6.07) is 0. The number of carbonyl (C=O) groups excluding carboxylic acids is 1. The zero-order chi connectivity index (χ0) is 11.2. The maximum absolute atomic E-state index is 11.6. The molecule has 16 heavy (non-hydrogen) atoms. The Labute approximate surface area is 99.2 Å². The molecule has 0 saturated heterocycles. The first-order chi connectivity index (χ1) is 7.84. The van der Waals surface area contributed by atoms with Crippen molar-refractivity contribution in [1.82, 2.24) is 5.32 Å². The lowest BCUT2D eigenvalue weighted by Gasteiger charge is -2.25. The third kappa shape index (κ3) is 3.80. The summed E-state index contributed by atoms with van der Waals surface area (Å²) in [5.74, 6) is 1.92. The first-order valence-corrected chi connectivity index (χ1v) is 7.11. The maximum atomic E-state index is 11.6. The highest BCUT2D eigenvalue weighted by Gasteiger charge is 2.18. The quantitative estimate of drug-likeness (QED) is 0.761. The minimum Gasteiger partial charge on any atom is -0.356 e. The van der Waals surface area contributed by atoms with E-state index in [-0.39, 0.29) is 5.91 Å². The minimum absolute atomic E-state index is 0.289. The first kappa shape index (κ1) is 11.9. The van der Waals surface area contributed by atoms with E-state index in [1.807, 2.05) is 0 Å². The van der Waals surface area contributed by atoms with E-state index >= 15 is 0 Å². The van der Waals surface area contributed by atoms with E-state index in [2.05, 4.69) is 5.32 Å². The van der Waals surface area contributed by atoms with Crippen molar-refractivity contribution < 1.29 is 4.79 Å². The Morgan fingerprint density at radius 2 is 1.62 bits per heavy atom. The summed E-state index contributed by atoms with van der Waals surface area (Å²) in [5, 5.41) is 3.09. The van der Waals surface area contributed by atoms with Crippen molar-refractivity contribution in [1.29, 1.82) is 0 Å². The zero-order valence-corrected chi connectivity index (χ0v) is 10.3. The molecule has 1 amide bonds. The molecule has 0 heterocycles. The van der Waals surface area contributed by atoms with Gasteiger partial charge in [-0.3, -0.25) is 4.79 Å². The van der Waals surface area contributed by atoms with E-state index in [1.165, 1.54) is 51.4 Å². The molecule has 0 aromatic heterocycles. The molecule has 2 rings (SSSR count). The molecule has 2 aliphatic rings. The average molecular weight is 223 g/mol. The highest BCUT2D eigenvalue weighted by molar-refractivity contribution is 5.75. The average Bonchev–Trinajstić information content (AvgIpc) is 2.26. The van der Waals surface area contributed by atoms with Crippen molar-refractivity contribution in [2.24, 2.45) is 11.8 Å². The molecule has 2 saturated carbocycles. The fraction of sp³-hybridized carbons (Fsp3) is 0.929. The minimum atomic E-state index is 0.289. The molecule has 2 aliphatic carbocycles. The highest BCUT2D eigenvalue weighted by Crippen LogP contribution is 2.27. The van der Waals surface area contributed by atoms with Crippen molar-refractivity contribution in [3.63, 3.8) is 0 Å². The topological polar surface area (TPSA) is 29.1 Å². The first-order valence-electron chi connectivity index (χ1n) is 7.11. The van der Waals surface area contributed by atoms with E-state index in [1.54, 1.807) is 0 Å². The molecular formula is C14H25NO. The predicted molar refractivity (Wildman–Crippen MR) is 66.2 cm³/mol. The van der Waals surface area contributed by atoms with E-state index < -0.39 is 0 Å². The molecule has 0 radical (unpaired) electrons. The van der Waals surface area contributed by atoms with Crippen LogP contribution in [0.4, 0.5) is 0 Å². The third-order valence-electron chi connectivity index (χ3n) is 4.32. The van der Waals surface area contributed by atoms with E-state index in [9.17, 15) is 4.79 Å². The van der Waals surface area contributed by atoms with Gasteiger partial charge in [-0.05, 0) is 31.1 Å². The maximum Gasteiger partial charge on any atom is 0.220 e. The smallest absolute Gasteiger partial charge is 0.220 e. The Hall–Kier alpha value is -0.530. The van der Waals surface area contributed by atoms with Gasteiger partial charge in [-0.25, -0.2) is 0 Å². The van der Waals surface area contributed by atoms with Gasteiger partial charge in [0, 0.05) is 13.0 Å². The van der Waals surface area contributed by atoms with Gasteiger partial charge in [0.1, 0.15) is 0 Å². The Balaban J connectivity index is 1.52. The normalized spacial score (nSPS) is 22.8. The van der Waals surface area contributed by atoms with Gasteiger partial charge >= 0.3 is 0 Å². The molecule has 0 aromatic rings. The zero-order valence-electron chi connectivity index (χ0n) is 10.3. The Bertz CT molecular complexity index is 217. The molecule has 0 aromatic carbocycles. The molecular weight excluding hydrogens is 198 g/mol. The van der Waals surface area contributed by atoms with Crippen LogP contribution in [0.3, 0.4) is 0 Å². The second-order valence-corrected chi connectivity index (χ2v) is 5.64. The summed E-state index contributed by atoms with van der Waals surface area (Å²) >= 11 is 0. The molecule has 1 N–H and O–H groups in total. The largest absolute Gasteiger partial charge is 0.356 e. The monoisotopic (exact) mass is 223 g/mol. The lowest BCUT2D eigenvalue weighted by molar-refractivity contribution is -0.121. The van der Waals surface area contributed by atoms with Gasteiger partial charge in [0.15, 0.2) is 0 Å². The molecule has 2 fully saturated rings. The predicted octanol–water partition coefficient (Wildman–Crippen LogP) is 3.26. The van der Waals surface area contributed by atoms with Gasteiger partial charge in [-0.1, -0.05) is 38.5 Å². The molecule has 92 valence electrons. The summed E-state index contributed by atoms with van der Waals surface area (Å²) in [6.07, 6.45) is 12.8. The van der Waals surface area contributed by atoms with Crippen LogP contribution in [-0.4, -0.2) is 12.5 Å². The molecule has 0 atom stereocenters. The Morgan fingerprint density at radius 3 is 2.25 bits per heavy atom.